The molecule has 0 bridgehead atoms. The van der Waals surface area contributed by atoms with Gasteiger partial charge in [-0.25, -0.2) is 0 Å². The second-order valence-corrected chi connectivity index (χ2v) is 5.31. The van der Waals surface area contributed by atoms with Crippen molar-refractivity contribution in [2.45, 2.75) is 25.6 Å². The van der Waals surface area contributed by atoms with Gasteiger partial charge in [-0.2, -0.15) is 8.78 Å². The molecule has 21 heavy (non-hydrogen) atoms. The summed E-state index contributed by atoms with van der Waals surface area (Å²) in [4.78, 5) is 0. The number of hydrogen-bond donors (Lipinski definition) is 2. The van der Waals surface area contributed by atoms with Crippen molar-refractivity contribution >= 4 is 34.6 Å². The summed E-state index contributed by atoms with van der Waals surface area (Å²) in [6.07, 6.45) is 2.25. The molecule has 1 aliphatic rings. The lowest BCUT2D eigenvalue weighted by Gasteiger charge is -2.14. The Bertz CT molecular complexity index is 499. The SMILES string of the molecule is FC(F)Oc1ccc(NC(=S)NCC2CCCO2)cc1Cl. The predicted octanol–water partition coefficient (Wildman–Crippen LogP) is 3.41. The largest absolute Gasteiger partial charge is 0.433 e. The first-order valence-corrected chi connectivity index (χ1v) is 7.24. The van der Waals surface area contributed by atoms with Crippen molar-refractivity contribution in [3.8, 4) is 5.75 Å². The highest BCUT2D eigenvalue weighted by molar-refractivity contribution is 7.80. The zero-order valence-corrected chi connectivity index (χ0v) is 12.6. The van der Waals surface area contributed by atoms with Crippen LogP contribution in [0.2, 0.25) is 5.02 Å². The maximum Gasteiger partial charge on any atom is 0.387 e. The van der Waals surface area contributed by atoms with Crippen LogP contribution in [0.25, 0.3) is 0 Å². The molecule has 0 aromatic heterocycles. The second-order valence-electron chi connectivity index (χ2n) is 4.49. The van der Waals surface area contributed by atoms with E-state index in [1.165, 1.54) is 12.1 Å². The van der Waals surface area contributed by atoms with E-state index < -0.39 is 6.61 Å². The Balaban J connectivity index is 1.84. The fraction of sp³-hybridized carbons (Fsp3) is 0.462. The second kappa shape index (κ2) is 7.72. The molecule has 1 heterocycles. The molecule has 0 spiro atoms. The third-order valence-electron chi connectivity index (χ3n) is 2.92. The number of thiocarbonyl (C=S) groups is 1. The number of halogens is 3. The zero-order chi connectivity index (χ0) is 15.2. The molecule has 1 saturated heterocycles. The van der Waals surface area contributed by atoms with Crippen LogP contribution >= 0.6 is 23.8 Å². The van der Waals surface area contributed by atoms with E-state index in [4.69, 9.17) is 28.6 Å². The van der Waals surface area contributed by atoms with Gasteiger partial charge in [0.25, 0.3) is 0 Å². The molecule has 1 atom stereocenters. The maximum absolute atomic E-state index is 12.1. The van der Waals surface area contributed by atoms with Crippen LogP contribution in [-0.4, -0.2) is 31.0 Å². The van der Waals surface area contributed by atoms with Crippen molar-refractivity contribution in [1.82, 2.24) is 5.32 Å². The molecule has 1 aromatic carbocycles. The molecule has 1 fully saturated rings. The summed E-state index contributed by atoms with van der Waals surface area (Å²) in [6, 6.07) is 4.39. The lowest BCUT2D eigenvalue weighted by Crippen LogP contribution is -2.34. The minimum absolute atomic E-state index is 0.0737. The average molecular weight is 337 g/mol. The third-order valence-corrected chi connectivity index (χ3v) is 3.46. The average Bonchev–Trinajstić information content (AvgIpc) is 2.92. The Hall–Kier alpha value is -1.18. The molecule has 0 radical (unpaired) electrons. The molecule has 2 N–H and O–H groups in total. The summed E-state index contributed by atoms with van der Waals surface area (Å²) in [6.45, 7) is -1.49. The van der Waals surface area contributed by atoms with Gasteiger partial charge in [-0.05, 0) is 43.3 Å². The highest BCUT2D eigenvalue weighted by Gasteiger charge is 2.15. The van der Waals surface area contributed by atoms with Crippen LogP contribution < -0.4 is 15.4 Å². The van der Waals surface area contributed by atoms with Crippen LogP contribution in [0.1, 0.15) is 12.8 Å². The van der Waals surface area contributed by atoms with E-state index >= 15 is 0 Å². The first-order chi connectivity index (χ1) is 10.0. The Morgan fingerprint density at radius 3 is 2.95 bits per heavy atom. The monoisotopic (exact) mass is 336 g/mol. The highest BCUT2D eigenvalue weighted by atomic mass is 35.5. The van der Waals surface area contributed by atoms with Crippen molar-refractivity contribution in [3.63, 3.8) is 0 Å². The van der Waals surface area contributed by atoms with Gasteiger partial charge < -0.3 is 20.1 Å². The Morgan fingerprint density at radius 2 is 2.33 bits per heavy atom. The molecule has 0 saturated carbocycles. The van der Waals surface area contributed by atoms with E-state index in [1.807, 2.05) is 0 Å². The van der Waals surface area contributed by atoms with Gasteiger partial charge in [0.1, 0.15) is 5.75 Å². The number of hydrogen-bond acceptors (Lipinski definition) is 3. The Kier molecular flexibility index (Phi) is 5.96. The van der Waals surface area contributed by atoms with Crippen molar-refractivity contribution in [2.75, 3.05) is 18.5 Å². The summed E-state index contributed by atoms with van der Waals surface area (Å²) >= 11 is 11.0. The fourth-order valence-corrected chi connectivity index (χ4v) is 2.38. The lowest BCUT2D eigenvalue weighted by atomic mass is 10.2. The van der Waals surface area contributed by atoms with Crippen molar-refractivity contribution in [3.05, 3.63) is 23.2 Å². The number of anilines is 1. The van der Waals surface area contributed by atoms with Crippen molar-refractivity contribution < 1.29 is 18.3 Å². The van der Waals surface area contributed by atoms with E-state index in [1.54, 1.807) is 6.07 Å². The number of ether oxygens (including phenoxy) is 2. The molecule has 1 aliphatic heterocycles. The van der Waals surface area contributed by atoms with Gasteiger partial charge in [0, 0.05) is 18.8 Å². The van der Waals surface area contributed by atoms with E-state index in [0.29, 0.717) is 17.3 Å². The smallest absolute Gasteiger partial charge is 0.387 e. The summed E-state index contributed by atoms with van der Waals surface area (Å²) < 4.78 is 34.0. The van der Waals surface area contributed by atoms with Crippen LogP contribution in [0.15, 0.2) is 18.2 Å². The first-order valence-electron chi connectivity index (χ1n) is 6.45. The number of nitrogens with one attached hydrogen (secondary N) is 2. The van der Waals surface area contributed by atoms with E-state index in [2.05, 4.69) is 15.4 Å². The number of alkyl halides is 2. The van der Waals surface area contributed by atoms with Crippen LogP contribution in [0.3, 0.4) is 0 Å². The molecule has 2 rings (SSSR count). The molecule has 1 aromatic rings. The van der Waals surface area contributed by atoms with Crippen LogP contribution in [0.5, 0.6) is 5.75 Å². The van der Waals surface area contributed by atoms with Crippen LogP contribution in [0, 0.1) is 0 Å². The third kappa shape index (κ3) is 5.26. The summed E-state index contributed by atoms with van der Waals surface area (Å²) in [5.74, 6) is -0.0737. The minimum atomic E-state index is -2.91. The van der Waals surface area contributed by atoms with Gasteiger partial charge in [-0.15, -0.1) is 0 Å². The maximum atomic E-state index is 12.1. The van der Waals surface area contributed by atoms with E-state index in [-0.39, 0.29) is 16.9 Å². The highest BCUT2D eigenvalue weighted by Crippen LogP contribution is 2.28. The molecular formula is C13H15ClF2N2O2S. The van der Waals surface area contributed by atoms with E-state index in [9.17, 15) is 8.78 Å². The quantitative estimate of drug-likeness (QED) is 0.807. The van der Waals surface area contributed by atoms with Gasteiger partial charge >= 0.3 is 6.61 Å². The fourth-order valence-electron chi connectivity index (χ4n) is 1.96. The summed E-state index contributed by atoms with van der Waals surface area (Å²) in [7, 11) is 0. The molecule has 1 unspecified atom stereocenters. The van der Waals surface area contributed by atoms with E-state index in [0.717, 1.165) is 19.4 Å². The van der Waals surface area contributed by atoms with Gasteiger partial charge in [0.2, 0.25) is 0 Å². The number of rotatable bonds is 5. The van der Waals surface area contributed by atoms with Crippen LogP contribution in [-0.2, 0) is 4.74 Å². The van der Waals surface area contributed by atoms with Crippen molar-refractivity contribution in [1.29, 1.82) is 0 Å². The van der Waals surface area contributed by atoms with Crippen LogP contribution in [0.4, 0.5) is 14.5 Å². The van der Waals surface area contributed by atoms with Crippen molar-refractivity contribution in [2.24, 2.45) is 0 Å². The standard InChI is InChI=1S/C13H15ClF2N2O2S/c14-10-6-8(3-4-11(10)20-12(15)16)18-13(21)17-7-9-2-1-5-19-9/h3-4,6,9,12H,1-2,5,7H2,(H2,17,18,21). The molecule has 8 heteroatoms. The minimum Gasteiger partial charge on any atom is -0.433 e. The molecule has 0 amide bonds. The normalized spacial score (nSPS) is 17.8. The van der Waals surface area contributed by atoms with Gasteiger partial charge in [-0.1, -0.05) is 11.6 Å². The Morgan fingerprint density at radius 1 is 1.52 bits per heavy atom. The molecular weight excluding hydrogens is 322 g/mol. The summed E-state index contributed by atoms with van der Waals surface area (Å²) in [5.41, 5.74) is 0.589. The predicted molar refractivity (Wildman–Crippen MR) is 81.3 cm³/mol. The first kappa shape index (κ1) is 16.2. The summed E-state index contributed by atoms with van der Waals surface area (Å²) in [5, 5.41) is 6.47. The zero-order valence-electron chi connectivity index (χ0n) is 11.1. The van der Waals surface area contributed by atoms with Gasteiger partial charge in [0.15, 0.2) is 5.11 Å². The Labute approximate surface area is 131 Å². The van der Waals surface area contributed by atoms with Gasteiger partial charge in [0.05, 0.1) is 11.1 Å². The molecule has 116 valence electrons. The van der Waals surface area contributed by atoms with Gasteiger partial charge in [-0.3, -0.25) is 0 Å². The topological polar surface area (TPSA) is 42.5 Å². The molecule has 4 nitrogen and oxygen atoms in total. The number of benzene rings is 1. The lowest BCUT2D eigenvalue weighted by molar-refractivity contribution is -0.0497. The molecule has 0 aliphatic carbocycles.